The summed E-state index contributed by atoms with van der Waals surface area (Å²) < 4.78 is 0. The van der Waals surface area contributed by atoms with E-state index >= 15 is 0 Å². The van der Waals surface area contributed by atoms with Crippen LogP contribution in [0.4, 0.5) is 11.5 Å². The molecule has 1 heterocycles. The van der Waals surface area contributed by atoms with E-state index in [2.05, 4.69) is 15.7 Å². The van der Waals surface area contributed by atoms with Crippen LogP contribution in [-0.2, 0) is 4.79 Å². The molecule has 0 saturated heterocycles. The van der Waals surface area contributed by atoms with Gasteiger partial charge in [-0.25, -0.2) is 10.8 Å². The fourth-order valence-electron chi connectivity index (χ4n) is 1.51. The zero-order chi connectivity index (χ0) is 12.7. The molecule has 0 aliphatic heterocycles. The first-order chi connectivity index (χ1) is 8.21. The zero-order valence-electron chi connectivity index (χ0n) is 10.2. The first kappa shape index (κ1) is 13.2. The number of nitrogens with one attached hydrogen (secondary N) is 2. The summed E-state index contributed by atoms with van der Waals surface area (Å²) >= 11 is 0. The number of anilines is 2. The number of rotatable bonds is 6. The summed E-state index contributed by atoms with van der Waals surface area (Å²) in [6.45, 7) is 5.61. The minimum Gasteiger partial charge on any atom is -0.362 e. The van der Waals surface area contributed by atoms with Crippen molar-refractivity contribution in [3.05, 3.63) is 18.3 Å². The van der Waals surface area contributed by atoms with Gasteiger partial charge in [0.05, 0.1) is 6.54 Å². The van der Waals surface area contributed by atoms with Crippen molar-refractivity contribution in [1.29, 1.82) is 0 Å². The van der Waals surface area contributed by atoms with E-state index in [0.717, 1.165) is 12.2 Å². The van der Waals surface area contributed by atoms with Gasteiger partial charge in [0.15, 0.2) is 0 Å². The summed E-state index contributed by atoms with van der Waals surface area (Å²) in [7, 11) is 0. The van der Waals surface area contributed by atoms with Crippen LogP contribution in [-0.4, -0.2) is 30.5 Å². The summed E-state index contributed by atoms with van der Waals surface area (Å²) in [5, 5.41) is 2.77. The first-order valence-corrected chi connectivity index (χ1v) is 5.65. The highest BCUT2D eigenvalue weighted by Crippen LogP contribution is 2.16. The molecule has 0 saturated carbocycles. The maximum atomic E-state index is 11.5. The van der Waals surface area contributed by atoms with Gasteiger partial charge in [0, 0.05) is 31.0 Å². The fraction of sp³-hybridized carbons (Fsp3) is 0.455. The lowest BCUT2D eigenvalue weighted by molar-refractivity contribution is -0.119. The Kier molecular flexibility index (Phi) is 5.22. The molecule has 4 N–H and O–H groups in total. The normalized spacial score (nSPS) is 9.82. The maximum Gasteiger partial charge on any atom is 0.239 e. The molecule has 0 bridgehead atoms. The van der Waals surface area contributed by atoms with Crippen LogP contribution in [0.3, 0.4) is 0 Å². The lowest BCUT2D eigenvalue weighted by atomic mass is 10.3. The molecule has 0 aromatic carbocycles. The summed E-state index contributed by atoms with van der Waals surface area (Å²) in [4.78, 5) is 17.5. The van der Waals surface area contributed by atoms with E-state index in [-0.39, 0.29) is 5.91 Å². The number of nitrogens with zero attached hydrogens (tertiary/aromatic N) is 2. The van der Waals surface area contributed by atoms with Crippen molar-refractivity contribution >= 4 is 17.4 Å². The minimum absolute atomic E-state index is 0.00780. The van der Waals surface area contributed by atoms with Crippen molar-refractivity contribution in [3.63, 3.8) is 0 Å². The van der Waals surface area contributed by atoms with Gasteiger partial charge in [0.1, 0.15) is 5.82 Å². The Bertz CT molecular complexity index is 369. The van der Waals surface area contributed by atoms with Crippen molar-refractivity contribution in [2.24, 2.45) is 5.84 Å². The van der Waals surface area contributed by atoms with E-state index in [1.807, 2.05) is 30.9 Å². The Morgan fingerprint density at radius 1 is 1.53 bits per heavy atom. The van der Waals surface area contributed by atoms with Crippen molar-refractivity contribution in [2.45, 2.75) is 13.8 Å². The SMILES string of the molecule is CCNC(=O)CN(CC)c1ccnc(NN)c1. The predicted octanol–water partition coefficient (Wildman–Crippen LogP) is 0.330. The highest BCUT2D eigenvalue weighted by Gasteiger charge is 2.09. The van der Waals surface area contributed by atoms with Gasteiger partial charge in [-0.3, -0.25) is 4.79 Å². The Morgan fingerprint density at radius 3 is 2.88 bits per heavy atom. The number of nitrogen functional groups attached to an aromatic ring is 1. The molecule has 1 amide bonds. The fourth-order valence-corrected chi connectivity index (χ4v) is 1.51. The van der Waals surface area contributed by atoms with Gasteiger partial charge in [-0.2, -0.15) is 0 Å². The van der Waals surface area contributed by atoms with E-state index < -0.39 is 0 Å². The molecule has 0 aliphatic rings. The van der Waals surface area contributed by atoms with Crippen molar-refractivity contribution in [3.8, 4) is 0 Å². The minimum atomic E-state index is 0.00780. The molecule has 1 aromatic rings. The molecule has 0 atom stereocenters. The first-order valence-electron chi connectivity index (χ1n) is 5.65. The summed E-state index contributed by atoms with van der Waals surface area (Å²) in [5.74, 6) is 5.89. The van der Waals surface area contributed by atoms with Crippen molar-refractivity contribution < 1.29 is 4.79 Å². The Balaban J connectivity index is 2.74. The van der Waals surface area contributed by atoms with Crippen LogP contribution in [0.1, 0.15) is 13.8 Å². The summed E-state index contributed by atoms with van der Waals surface area (Å²) in [6.07, 6.45) is 1.66. The number of hydrazine groups is 1. The number of hydrogen-bond acceptors (Lipinski definition) is 5. The quantitative estimate of drug-likeness (QED) is 0.490. The molecule has 17 heavy (non-hydrogen) atoms. The molecule has 6 heteroatoms. The number of likely N-dealkylation sites (N-methyl/N-ethyl adjacent to an activating group) is 2. The van der Waals surface area contributed by atoms with Gasteiger partial charge in [0.2, 0.25) is 5.91 Å². The number of hydrogen-bond donors (Lipinski definition) is 3. The average molecular weight is 237 g/mol. The van der Waals surface area contributed by atoms with Crippen LogP contribution in [0.25, 0.3) is 0 Å². The Morgan fingerprint density at radius 2 is 2.29 bits per heavy atom. The molecule has 1 aromatic heterocycles. The van der Waals surface area contributed by atoms with Gasteiger partial charge in [0.25, 0.3) is 0 Å². The molecule has 0 radical (unpaired) electrons. The molecule has 94 valence electrons. The van der Waals surface area contributed by atoms with Crippen LogP contribution in [0.15, 0.2) is 18.3 Å². The molecule has 0 unspecified atom stereocenters. The Labute approximate surface area is 101 Å². The van der Waals surface area contributed by atoms with Gasteiger partial charge >= 0.3 is 0 Å². The molecule has 1 rings (SSSR count). The van der Waals surface area contributed by atoms with E-state index in [1.54, 1.807) is 6.20 Å². The van der Waals surface area contributed by atoms with Crippen molar-refractivity contribution in [1.82, 2.24) is 10.3 Å². The standard InChI is InChI=1S/C11H19N5O/c1-3-13-11(17)8-16(4-2)9-5-6-14-10(7-9)15-12/h5-7H,3-4,8,12H2,1-2H3,(H,13,17)(H,14,15). The highest BCUT2D eigenvalue weighted by atomic mass is 16.2. The average Bonchev–Trinajstić information content (AvgIpc) is 2.36. The smallest absolute Gasteiger partial charge is 0.239 e. The largest absolute Gasteiger partial charge is 0.362 e. The third-order valence-electron chi connectivity index (χ3n) is 2.35. The van der Waals surface area contributed by atoms with Crippen LogP contribution in [0, 0.1) is 0 Å². The third-order valence-corrected chi connectivity index (χ3v) is 2.35. The van der Waals surface area contributed by atoms with Crippen LogP contribution < -0.4 is 21.5 Å². The van der Waals surface area contributed by atoms with Gasteiger partial charge in [-0.05, 0) is 19.9 Å². The lowest BCUT2D eigenvalue weighted by Crippen LogP contribution is -2.37. The van der Waals surface area contributed by atoms with E-state index in [0.29, 0.717) is 18.9 Å². The zero-order valence-corrected chi connectivity index (χ0v) is 10.2. The van der Waals surface area contributed by atoms with E-state index in [9.17, 15) is 4.79 Å². The summed E-state index contributed by atoms with van der Waals surface area (Å²) in [6, 6.07) is 3.66. The molecule has 0 spiro atoms. The lowest BCUT2D eigenvalue weighted by Gasteiger charge is -2.22. The second-order valence-corrected chi connectivity index (χ2v) is 3.51. The van der Waals surface area contributed by atoms with Crippen LogP contribution >= 0.6 is 0 Å². The van der Waals surface area contributed by atoms with Gasteiger partial charge in [-0.15, -0.1) is 0 Å². The molecular weight excluding hydrogens is 218 g/mol. The number of carbonyl (C=O) groups excluding carboxylic acids is 1. The number of nitrogens with two attached hydrogens (primary N) is 1. The topological polar surface area (TPSA) is 83.3 Å². The molecular formula is C11H19N5O. The molecule has 0 fully saturated rings. The second kappa shape index (κ2) is 6.70. The monoisotopic (exact) mass is 237 g/mol. The highest BCUT2D eigenvalue weighted by molar-refractivity contribution is 5.81. The van der Waals surface area contributed by atoms with Crippen LogP contribution in [0.2, 0.25) is 0 Å². The van der Waals surface area contributed by atoms with E-state index in [4.69, 9.17) is 5.84 Å². The van der Waals surface area contributed by atoms with Gasteiger partial charge < -0.3 is 15.6 Å². The number of pyridine rings is 1. The number of carbonyl (C=O) groups is 1. The van der Waals surface area contributed by atoms with Crippen molar-refractivity contribution in [2.75, 3.05) is 30.0 Å². The second-order valence-electron chi connectivity index (χ2n) is 3.51. The van der Waals surface area contributed by atoms with Crippen LogP contribution in [0.5, 0.6) is 0 Å². The molecule has 0 aliphatic carbocycles. The third kappa shape index (κ3) is 3.92. The number of amides is 1. The summed E-state index contributed by atoms with van der Waals surface area (Å²) in [5.41, 5.74) is 3.40. The van der Waals surface area contributed by atoms with E-state index in [1.165, 1.54) is 0 Å². The maximum absolute atomic E-state index is 11.5. The number of aromatic nitrogens is 1. The Hall–Kier alpha value is -1.82. The van der Waals surface area contributed by atoms with Gasteiger partial charge in [-0.1, -0.05) is 0 Å². The molecule has 6 nitrogen and oxygen atoms in total. The predicted molar refractivity (Wildman–Crippen MR) is 68.6 cm³/mol.